The summed E-state index contributed by atoms with van der Waals surface area (Å²) in [5.74, 6) is -3.50. The van der Waals surface area contributed by atoms with Crippen molar-refractivity contribution in [2.75, 3.05) is 13.7 Å². The van der Waals surface area contributed by atoms with E-state index in [0.29, 0.717) is 70.4 Å². The van der Waals surface area contributed by atoms with Crippen molar-refractivity contribution >= 4 is 38.6 Å². The van der Waals surface area contributed by atoms with Crippen LogP contribution < -0.4 is 15.8 Å². The van der Waals surface area contributed by atoms with E-state index in [9.17, 15) is 18.4 Å². The Hall–Kier alpha value is -3.93. The van der Waals surface area contributed by atoms with Crippen LogP contribution in [0.3, 0.4) is 0 Å². The fourth-order valence-electron chi connectivity index (χ4n) is 6.46. The summed E-state index contributed by atoms with van der Waals surface area (Å²) in [7, 11) is 1.47. The van der Waals surface area contributed by atoms with Crippen LogP contribution >= 0.6 is 15.9 Å². The highest BCUT2D eigenvalue weighted by molar-refractivity contribution is 9.10. The van der Waals surface area contributed by atoms with Gasteiger partial charge in [0.2, 0.25) is 11.7 Å². The Morgan fingerprint density at radius 1 is 1.16 bits per heavy atom. The van der Waals surface area contributed by atoms with Crippen LogP contribution in [0.1, 0.15) is 72.1 Å². The van der Waals surface area contributed by atoms with E-state index < -0.39 is 28.7 Å². The number of nitrogens with one attached hydrogen (secondary N) is 1. The summed E-state index contributed by atoms with van der Waals surface area (Å²) in [5.41, 5.74) is 8.16. The van der Waals surface area contributed by atoms with Crippen LogP contribution in [0.15, 0.2) is 41.0 Å². The van der Waals surface area contributed by atoms with Gasteiger partial charge in [0.25, 0.3) is 5.91 Å². The number of halogens is 4. The third-order valence-electron chi connectivity index (χ3n) is 9.60. The number of hydrogen-bond acceptors (Lipinski definition) is 5. The maximum absolute atomic E-state index is 15.2. The minimum Gasteiger partial charge on any atom is -0.494 e. The zero-order chi connectivity index (χ0) is 31.8. The van der Waals surface area contributed by atoms with Crippen LogP contribution in [0.25, 0.3) is 22.2 Å². The molecule has 2 atom stereocenters. The van der Waals surface area contributed by atoms with Crippen molar-refractivity contribution in [1.29, 1.82) is 0 Å². The summed E-state index contributed by atoms with van der Waals surface area (Å²) in [6, 6.07) is 7.29. The lowest BCUT2D eigenvalue weighted by molar-refractivity contribution is -0.122. The van der Waals surface area contributed by atoms with Crippen LogP contribution in [0, 0.1) is 17.6 Å². The number of carbonyl (C=O) groups is 2. The molecule has 3 aliphatic rings. The zero-order valence-electron chi connectivity index (χ0n) is 24.7. The van der Waals surface area contributed by atoms with E-state index in [1.54, 1.807) is 25.3 Å². The minimum atomic E-state index is -1.50. The standard InChI is InChI=1S/C33H31BrF3N5O3/c1-32(31(38)44)6-5-19-22(32)12-26(40-29(19)20-11-23(34)25(36)13-24(20)35)21(16-3-4-16)14-39-30(43)17-9-18-15-42(33(37)7-8-33)41-28(18)27(10-17)45-2/h9-13,15-16,21H,3-8,14H2,1-2H3,(H2,38,44)(H,39,43)/t21-,32-/m0/s1. The summed E-state index contributed by atoms with van der Waals surface area (Å²) in [6.45, 7) is 2.00. The number of alkyl halides is 1. The molecular weight excluding hydrogens is 651 g/mol. The maximum Gasteiger partial charge on any atom is 0.251 e. The Bertz CT molecular complexity index is 1900. The first-order chi connectivity index (χ1) is 21.4. The van der Waals surface area contributed by atoms with Gasteiger partial charge >= 0.3 is 0 Å². The van der Waals surface area contributed by atoms with Gasteiger partial charge in [-0.05, 0) is 89.8 Å². The lowest BCUT2D eigenvalue weighted by atomic mass is 9.82. The molecule has 0 saturated heterocycles. The lowest BCUT2D eigenvalue weighted by Crippen LogP contribution is -2.36. The van der Waals surface area contributed by atoms with Gasteiger partial charge in [-0.15, -0.1) is 0 Å². The van der Waals surface area contributed by atoms with Crippen LogP contribution in [-0.4, -0.2) is 40.2 Å². The molecule has 2 heterocycles. The van der Waals surface area contributed by atoms with E-state index in [4.69, 9.17) is 15.5 Å². The number of benzene rings is 2. The molecule has 2 fully saturated rings. The Morgan fingerprint density at radius 3 is 2.58 bits per heavy atom. The largest absolute Gasteiger partial charge is 0.494 e. The van der Waals surface area contributed by atoms with Crippen molar-refractivity contribution < 1.29 is 27.5 Å². The van der Waals surface area contributed by atoms with Gasteiger partial charge in [0, 0.05) is 59.8 Å². The fourth-order valence-corrected chi connectivity index (χ4v) is 6.81. The minimum absolute atomic E-state index is 0.0956. The lowest BCUT2D eigenvalue weighted by Gasteiger charge is -2.25. The number of methoxy groups -OCH3 is 1. The average molecular weight is 683 g/mol. The number of pyridine rings is 1. The summed E-state index contributed by atoms with van der Waals surface area (Å²) in [4.78, 5) is 31.1. The molecule has 3 aliphatic carbocycles. The number of nitrogens with two attached hydrogens (primary N) is 1. The second kappa shape index (κ2) is 10.6. The molecule has 4 aromatic rings. The number of rotatable bonds is 9. The molecule has 0 spiro atoms. The Kier molecular flexibility index (Phi) is 6.99. The van der Waals surface area contributed by atoms with E-state index in [1.165, 1.54) is 17.9 Å². The number of aromatic nitrogens is 3. The van der Waals surface area contributed by atoms with Crippen molar-refractivity contribution in [3.8, 4) is 17.0 Å². The molecule has 8 nitrogen and oxygen atoms in total. The molecule has 2 saturated carbocycles. The molecule has 0 aliphatic heterocycles. The van der Waals surface area contributed by atoms with Crippen molar-refractivity contribution in [2.45, 2.75) is 62.6 Å². The molecule has 45 heavy (non-hydrogen) atoms. The molecule has 12 heteroatoms. The van der Waals surface area contributed by atoms with Crippen LogP contribution in [-0.2, 0) is 22.4 Å². The van der Waals surface area contributed by atoms with Gasteiger partial charge in [0.05, 0.1) is 22.7 Å². The van der Waals surface area contributed by atoms with Crippen molar-refractivity contribution in [3.05, 3.63) is 75.0 Å². The maximum atomic E-state index is 15.2. The predicted molar refractivity (Wildman–Crippen MR) is 165 cm³/mol. The second-order valence-electron chi connectivity index (χ2n) is 12.6. The van der Waals surface area contributed by atoms with Crippen molar-refractivity contribution in [1.82, 2.24) is 20.1 Å². The second-order valence-corrected chi connectivity index (χ2v) is 13.5. The number of amides is 2. The first-order valence-electron chi connectivity index (χ1n) is 15.0. The highest BCUT2D eigenvalue weighted by Crippen LogP contribution is 2.48. The average Bonchev–Trinajstić information content (AvgIpc) is 3.92. The van der Waals surface area contributed by atoms with Crippen LogP contribution in [0.2, 0.25) is 0 Å². The molecule has 234 valence electrons. The van der Waals surface area contributed by atoms with Crippen molar-refractivity contribution in [2.24, 2.45) is 11.7 Å². The summed E-state index contributed by atoms with van der Waals surface area (Å²) in [6.07, 6.45) is 5.11. The fraction of sp³-hybridized carbons (Fsp3) is 0.394. The summed E-state index contributed by atoms with van der Waals surface area (Å²) >= 11 is 3.16. The normalized spacial score (nSPS) is 20.6. The smallest absolute Gasteiger partial charge is 0.251 e. The van der Waals surface area contributed by atoms with Gasteiger partial charge in [0.15, 0.2) is 0 Å². The SMILES string of the molecule is COc1cc(C(=O)NC[C@H](c2cc3c(c(-c4cc(Br)c(F)cc4F)n2)CC[C@]3(C)C(N)=O)C2CC2)cc2cn(C3(F)CC3)nc12. The molecule has 0 bridgehead atoms. The van der Waals surface area contributed by atoms with E-state index in [0.717, 1.165) is 18.9 Å². The van der Waals surface area contributed by atoms with Gasteiger partial charge in [-0.1, -0.05) is 0 Å². The number of fused-ring (bicyclic) bond motifs is 2. The Balaban J connectivity index is 1.24. The first kappa shape index (κ1) is 29.8. The number of ether oxygens (including phenoxy) is 1. The molecule has 0 unspecified atom stereocenters. The van der Waals surface area contributed by atoms with E-state index >= 15 is 4.39 Å². The highest BCUT2D eigenvalue weighted by Gasteiger charge is 2.46. The quantitative estimate of drug-likeness (QED) is 0.205. The summed E-state index contributed by atoms with van der Waals surface area (Å²) < 4.78 is 51.0. The monoisotopic (exact) mass is 681 g/mol. The predicted octanol–water partition coefficient (Wildman–Crippen LogP) is 6.18. The molecule has 2 amide bonds. The van der Waals surface area contributed by atoms with Gasteiger partial charge in [0.1, 0.15) is 22.9 Å². The first-order valence-corrected chi connectivity index (χ1v) is 15.8. The number of primary amides is 1. The number of carbonyl (C=O) groups excluding carboxylic acids is 2. The molecular formula is C33H31BrF3N5O3. The van der Waals surface area contributed by atoms with E-state index in [-0.39, 0.29) is 34.3 Å². The van der Waals surface area contributed by atoms with E-state index in [2.05, 4.69) is 26.3 Å². The Labute approximate surface area is 265 Å². The number of hydrogen-bond donors (Lipinski definition) is 2. The molecule has 2 aromatic heterocycles. The number of nitrogens with zero attached hydrogens (tertiary/aromatic N) is 3. The molecule has 2 aromatic carbocycles. The highest BCUT2D eigenvalue weighted by atomic mass is 79.9. The molecule has 7 rings (SSSR count). The summed E-state index contributed by atoms with van der Waals surface area (Å²) in [5, 5.41) is 7.97. The van der Waals surface area contributed by atoms with Crippen LogP contribution in [0.5, 0.6) is 5.75 Å². The molecule has 0 radical (unpaired) electrons. The Morgan fingerprint density at radius 2 is 1.91 bits per heavy atom. The van der Waals surface area contributed by atoms with Gasteiger partial charge in [-0.2, -0.15) is 5.10 Å². The van der Waals surface area contributed by atoms with Gasteiger partial charge < -0.3 is 15.8 Å². The topological polar surface area (TPSA) is 112 Å². The van der Waals surface area contributed by atoms with Gasteiger partial charge in [-0.25, -0.2) is 17.9 Å². The van der Waals surface area contributed by atoms with Gasteiger partial charge in [-0.3, -0.25) is 14.6 Å². The van der Waals surface area contributed by atoms with Crippen LogP contribution in [0.4, 0.5) is 13.2 Å². The molecule has 3 N–H and O–H groups in total. The third kappa shape index (κ3) is 5.07. The zero-order valence-corrected chi connectivity index (χ0v) is 26.3. The third-order valence-corrected chi connectivity index (χ3v) is 10.2. The van der Waals surface area contributed by atoms with Crippen molar-refractivity contribution in [3.63, 3.8) is 0 Å². The van der Waals surface area contributed by atoms with E-state index in [1.807, 2.05) is 6.07 Å².